The number of nitrogens with zero attached hydrogens (tertiary/aromatic N) is 3. The summed E-state index contributed by atoms with van der Waals surface area (Å²) in [6.07, 6.45) is 2.61. The number of para-hydroxylation sites is 1. The molecule has 3 aromatic rings. The number of hydrogen-bond acceptors (Lipinski definition) is 5. The van der Waals surface area contributed by atoms with Gasteiger partial charge in [-0.3, -0.25) is 9.78 Å². The van der Waals surface area contributed by atoms with E-state index >= 15 is 0 Å². The number of halogens is 1. The molecule has 1 aromatic heterocycles. The Hall–Kier alpha value is -3.19. The number of benzene rings is 2. The second kappa shape index (κ2) is 8.45. The predicted molar refractivity (Wildman–Crippen MR) is 112 cm³/mol. The number of amides is 1. The van der Waals surface area contributed by atoms with Crippen LogP contribution in [-0.2, 0) is 16.1 Å². The lowest BCUT2D eigenvalue weighted by Gasteiger charge is -2.22. The van der Waals surface area contributed by atoms with Crippen LogP contribution >= 0.6 is 15.9 Å². The third-order valence-corrected chi connectivity index (χ3v) is 4.90. The van der Waals surface area contributed by atoms with Gasteiger partial charge < -0.3 is 9.47 Å². The van der Waals surface area contributed by atoms with Crippen LogP contribution in [0, 0.1) is 0 Å². The topological polar surface area (TPSA) is 64.0 Å². The van der Waals surface area contributed by atoms with Crippen molar-refractivity contribution in [3.63, 3.8) is 0 Å². The highest BCUT2D eigenvalue weighted by Crippen LogP contribution is 2.35. The summed E-state index contributed by atoms with van der Waals surface area (Å²) >= 11 is 3.43. The molecular weight excluding hydrogens is 434 g/mol. The second-order valence-corrected chi connectivity index (χ2v) is 7.35. The van der Waals surface area contributed by atoms with Gasteiger partial charge >= 0.3 is 0 Å². The Bertz CT molecular complexity index is 1040. The van der Waals surface area contributed by atoms with Crippen LogP contribution in [0.5, 0.6) is 5.75 Å². The second-order valence-electron chi connectivity index (χ2n) is 6.43. The highest BCUT2D eigenvalue weighted by Gasteiger charge is 2.35. The zero-order chi connectivity index (χ0) is 20.2. The molecule has 6 nitrogen and oxygen atoms in total. The molecule has 0 unspecified atom stereocenters. The van der Waals surface area contributed by atoms with E-state index in [-0.39, 0.29) is 5.91 Å². The van der Waals surface area contributed by atoms with E-state index in [1.807, 2.05) is 54.6 Å². The molecule has 0 saturated heterocycles. The fourth-order valence-corrected chi connectivity index (χ4v) is 3.20. The van der Waals surface area contributed by atoms with E-state index < -0.39 is 6.23 Å². The maximum Gasteiger partial charge on any atom is 0.243 e. The lowest BCUT2D eigenvalue weighted by molar-refractivity contribution is -0.135. The van der Waals surface area contributed by atoms with Crippen molar-refractivity contribution in [2.24, 2.45) is 5.10 Å². The van der Waals surface area contributed by atoms with Crippen LogP contribution in [-0.4, -0.2) is 21.8 Å². The van der Waals surface area contributed by atoms with Gasteiger partial charge in [-0.2, -0.15) is 5.01 Å². The van der Waals surface area contributed by atoms with Crippen molar-refractivity contribution in [2.75, 3.05) is 0 Å². The summed E-state index contributed by atoms with van der Waals surface area (Å²) in [5.41, 5.74) is 2.46. The van der Waals surface area contributed by atoms with Gasteiger partial charge in [0.25, 0.3) is 0 Å². The summed E-state index contributed by atoms with van der Waals surface area (Å²) in [6, 6.07) is 19.0. The first-order chi connectivity index (χ1) is 14.1. The third kappa shape index (κ3) is 4.30. The zero-order valence-electron chi connectivity index (χ0n) is 15.7. The molecule has 0 fully saturated rings. The van der Waals surface area contributed by atoms with Gasteiger partial charge in [0.2, 0.25) is 18.0 Å². The van der Waals surface area contributed by atoms with Crippen molar-refractivity contribution in [1.29, 1.82) is 0 Å². The molecule has 7 heteroatoms. The van der Waals surface area contributed by atoms with Crippen LogP contribution in [0.25, 0.3) is 0 Å². The molecule has 29 heavy (non-hydrogen) atoms. The quantitative estimate of drug-likeness (QED) is 0.565. The van der Waals surface area contributed by atoms with Gasteiger partial charge in [-0.15, -0.1) is 5.10 Å². The van der Waals surface area contributed by atoms with Crippen molar-refractivity contribution in [1.82, 2.24) is 9.99 Å². The van der Waals surface area contributed by atoms with E-state index in [0.29, 0.717) is 23.8 Å². The highest BCUT2D eigenvalue weighted by atomic mass is 79.9. The van der Waals surface area contributed by atoms with Crippen molar-refractivity contribution >= 4 is 27.7 Å². The molecule has 0 radical (unpaired) electrons. The van der Waals surface area contributed by atoms with Crippen molar-refractivity contribution in [3.8, 4) is 5.75 Å². The first-order valence-corrected chi connectivity index (χ1v) is 9.83. The van der Waals surface area contributed by atoms with Crippen LogP contribution in [0.1, 0.15) is 29.8 Å². The molecular formula is C22H18BrN3O3. The van der Waals surface area contributed by atoms with Crippen LogP contribution in [0.3, 0.4) is 0 Å². The minimum Gasteiger partial charge on any atom is -0.488 e. The number of hydrogen-bond donors (Lipinski definition) is 0. The van der Waals surface area contributed by atoms with Gasteiger partial charge in [-0.1, -0.05) is 40.2 Å². The lowest BCUT2D eigenvalue weighted by atomic mass is 10.1. The van der Waals surface area contributed by atoms with E-state index in [1.165, 1.54) is 11.9 Å². The largest absolute Gasteiger partial charge is 0.488 e. The molecule has 1 aliphatic heterocycles. The Morgan fingerprint density at radius 3 is 2.66 bits per heavy atom. The molecule has 146 valence electrons. The lowest BCUT2D eigenvalue weighted by Crippen LogP contribution is -2.25. The Labute approximate surface area is 176 Å². The van der Waals surface area contributed by atoms with Crippen LogP contribution in [0.2, 0.25) is 0 Å². The summed E-state index contributed by atoms with van der Waals surface area (Å²) in [6.45, 7) is 1.85. The molecule has 1 atom stereocenters. The Morgan fingerprint density at radius 1 is 1.14 bits per heavy atom. The van der Waals surface area contributed by atoms with Crippen LogP contribution in [0.15, 0.2) is 82.6 Å². The number of rotatable bonds is 5. The predicted octanol–water partition coefficient (Wildman–Crippen LogP) is 4.66. The summed E-state index contributed by atoms with van der Waals surface area (Å²) in [4.78, 5) is 16.3. The molecule has 0 N–H and O–H groups in total. The van der Waals surface area contributed by atoms with Crippen LogP contribution < -0.4 is 4.74 Å². The van der Waals surface area contributed by atoms with Crippen LogP contribution in [0.4, 0.5) is 0 Å². The average molecular weight is 452 g/mol. The first kappa shape index (κ1) is 19.1. The van der Waals surface area contributed by atoms with Gasteiger partial charge in [0.15, 0.2) is 0 Å². The molecule has 1 amide bonds. The maximum atomic E-state index is 12.2. The standard InChI is InChI=1S/C22H18BrN3O3/c1-15(27)26-22(29-21(25-26)17-5-4-12-24-13-17)19-6-2-3-7-20(19)28-14-16-8-10-18(23)11-9-16/h2-13,22H,14H2,1H3/t22-/m0/s1. The number of ether oxygens (including phenoxy) is 2. The number of pyridine rings is 1. The van der Waals surface area contributed by atoms with Crippen molar-refractivity contribution in [3.05, 3.63) is 94.2 Å². The van der Waals surface area contributed by atoms with Crippen molar-refractivity contribution < 1.29 is 14.3 Å². The smallest absolute Gasteiger partial charge is 0.243 e. The summed E-state index contributed by atoms with van der Waals surface area (Å²) in [5.74, 6) is 0.756. The van der Waals surface area contributed by atoms with Gasteiger partial charge in [0, 0.05) is 23.8 Å². The molecule has 0 aliphatic carbocycles. The Balaban J connectivity index is 1.59. The molecule has 2 heterocycles. The average Bonchev–Trinajstić information content (AvgIpc) is 3.20. The fraction of sp³-hybridized carbons (Fsp3) is 0.136. The van der Waals surface area contributed by atoms with E-state index in [2.05, 4.69) is 26.0 Å². The Kier molecular flexibility index (Phi) is 5.57. The molecule has 0 saturated carbocycles. The number of aromatic nitrogens is 1. The van der Waals surface area contributed by atoms with Gasteiger partial charge in [-0.25, -0.2) is 0 Å². The molecule has 1 aliphatic rings. The minimum absolute atomic E-state index is 0.225. The highest BCUT2D eigenvalue weighted by molar-refractivity contribution is 9.10. The summed E-state index contributed by atoms with van der Waals surface area (Å²) in [7, 11) is 0. The first-order valence-electron chi connectivity index (χ1n) is 9.03. The SMILES string of the molecule is CC(=O)N1N=C(c2cccnc2)O[C@H]1c1ccccc1OCc1ccc(Br)cc1. The number of hydrazone groups is 1. The number of carbonyl (C=O) groups is 1. The normalized spacial score (nSPS) is 15.6. The minimum atomic E-state index is -0.705. The molecule has 0 spiro atoms. The van der Waals surface area contributed by atoms with Gasteiger partial charge in [-0.05, 0) is 42.0 Å². The number of carbonyl (C=O) groups excluding carboxylic acids is 1. The maximum absolute atomic E-state index is 12.2. The van der Waals surface area contributed by atoms with Gasteiger partial charge in [0.1, 0.15) is 12.4 Å². The summed E-state index contributed by atoms with van der Waals surface area (Å²) in [5, 5.41) is 5.69. The third-order valence-electron chi connectivity index (χ3n) is 4.37. The van der Waals surface area contributed by atoms with Gasteiger partial charge in [0.05, 0.1) is 11.1 Å². The molecule has 4 rings (SSSR count). The zero-order valence-corrected chi connectivity index (χ0v) is 17.2. The molecule has 2 aromatic carbocycles. The van der Waals surface area contributed by atoms with E-state index in [4.69, 9.17) is 9.47 Å². The summed E-state index contributed by atoms with van der Waals surface area (Å²) < 4.78 is 13.1. The fourth-order valence-electron chi connectivity index (χ4n) is 2.93. The van der Waals surface area contributed by atoms with E-state index in [0.717, 1.165) is 15.6 Å². The monoisotopic (exact) mass is 451 g/mol. The van der Waals surface area contributed by atoms with E-state index in [1.54, 1.807) is 18.5 Å². The Morgan fingerprint density at radius 2 is 1.93 bits per heavy atom. The molecule has 0 bridgehead atoms. The van der Waals surface area contributed by atoms with Crippen molar-refractivity contribution in [2.45, 2.75) is 19.8 Å². The van der Waals surface area contributed by atoms with E-state index in [9.17, 15) is 4.79 Å².